The van der Waals surface area contributed by atoms with E-state index in [-0.39, 0.29) is 0 Å². The molecule has 0 amide bonds. The molecule has 0 aliphatic heterocycles. The summed E-state index contributed by atoms with van der Waals surface area (Å²) in [5.74, 6) is 0. The molecule has 5 nitrogen and oxygen atoms in total. The number of nitrogens with zero attached hydrogens (tertiary/aromatic N) is 2. The Morgan fingerprint density at radius 1 is 1.28 bits per heavy atom. The van der Waals surface area contributed by atoms with Gasteiger partial charge in [0, 0.05) is 30.7 Å². The molecule has 1 aromatic rings. The maximum atomic E-state index is 12.4. The first-order valence-electron chi connectivity index (χ1n) is 5.86. The van der Waals surface area contributed by atoms with Gasteiger partial charge in [-0.25, -0.2) is 8.42 Å². The van der Waals surface area contributed by atoms with Crippen LogP contribution < -0.4 is 5.73 Å². The quantitative estimate of drug-likeness (QED) is 0.822. The van der Waals surface area contributed by atoms with Gasteiger partial charge < -0.3 is 10.6 Å². The zero-order valence-electron chi connectivity index (χ0n) is 11.1. The van der Waals surface area contributed by atoms with Gasteiger partial charge in [0.15, 0.2) is 0 Å². The van der Waals surface area contributed by atoms with E-state index < -0.39 is 10.0 Å². The van der Waals surface area contributed by atoms with E-state index in [0.717, 1.165) is 6.42 Å². The third-order valence-corrected chi connectivity index (χ3v) is 5.79. The highest BCUT2D eigenvalue weighted by Gasteiger charge is 2.25. The summed E-state index contributed by atoms with van der Waals surface area (Å²) in [7, 11) is 0.468. The average molecular weight is 291 g/mol. The van der Waals surface area contributed by atoms with E-state index >= 15 is 0 Å². The van der Waals surface area contributed by atoms with Crippen LogP contribution in [0.4, 0.5) is 5.69 Å². The number of hydrogen-bond acceptors (Lipinski definition) is 5. The van der Waals surface area contributed by atoms with Crippen LogP contribution >= 0.6 is 11.3 Å². The van der Waals surface area contributed by atoms with Crippen LogP contribution in [0.2, 0.25) is 0 Å². The summed E-state index contributed by atoms with van der Waals surface area (Å²) in [6.45, 7) is 3.72. The zero-order valence-corrected chi connectivity index (χ0v) is 12.7. The van der Waals surface area contributed by atoms with Gasteiger partial charge in [-0.15, -0.1) is 11.3 Å². The summed E-state index contributed by atoms with van der Waals surface area (Å²) < 4.78 is 26.7. The van der Waals surface area contributed by atoms with Crippen LogP contribution in [0.3, 0.4) is 0 Å². The van der Waals surface area contributed by atoms with Crippen LogP contribution in [-0.2, 0) is 10.0 Å². The lowest BCUT2D eigenvalue weighted by Crippen LogP contribution is -2.36. The smallest absolute Gasteiger partial charge is 0.252 e. The Bertz CT molecular complexity index is 468. The number of nitrogens with two attached hydrogens (primary N) is 1. The first-order chi connectivity index (χ1) is 8.37. The molecule has 0 bridgehead atoms. The van der Waals surface area contributed by atoms with Gasteiger partial charge >= 0.3 is 0 Å². The second-order valence-electron chi connectivity index (χ2n) is 4.41. The van der Waals surface area contributed by atoms with Gasteiger partial charge in [-0.1, -0.05) is 6.92 Å². The number of hydrogen-bond donors (Lipinski definition) is 1. The average Bonchev–Trinajstić information content (AvgIpc) is 2.71. The molecule has 0 unspecified atom stereocenters. The molecule has 7 heteroatoms. The molecule has 0 fully saturated rings. The van der Waals surface area contributed by atoms with Crippen LogP contribution in [0.1, 0.15) is 13.3 Å². The molecule has 18 heavy (non-hydrogen) atoms. The van der Waals surface area contributed by atoms with E-state index in [9.17, 15) is 8.42 Å². The fourth-order valence-electron chi connectivity index (χ4n) is 1.51. The number of sulfonamides is 1. The summed E-state index contributed by atoms with van der Waals surface area (Å²) in [4.78, 5) is 1.97. The number of anilines is 1. The Hall–Kier alpha value is -0.630. The second-order valence-corrected chi connectivity index (χ2v) is 7.48. The van der Waals surface area contributed by atoms with E-state index in [4.69, 9.17) is 5.73 Å². The topological polar surface area (TPSA) is 66.6 Å². The first kappa shape index (κ1) is 15.4. The zero-order chi connectivity index (χ0) is 13.8. The molecule has 0 aliphatic rings. The fraction of sp³-hybridized carbons (Fsp3) is 0.636. The standard InChI is InChI=1S/C11H21N3O2S2/c1-4-5-14(7-6-13(2)3)18(15,16)11-8-10(12)9-17-11/h8-9H,4-7,12H2,1-3H3. The number of thiophene rings is 1. The van der Waals surface area contributed by atoms with Gasteiger partial charge in [0.1, 0.15) is 4.21 Å². The Morgan fingerprint density at radius 2 is 1.94 bits per heavy atom. The van der Waals surface area contributed by atoms with Gasteiger partial charge in [-0.05, 0) is 26.6 Å². The van der Waals surface area contributed by atoms with Crippen LogP contribution in [0.15, 0.2) is 15.7 Å². The predicted molar refractivity (Wildman–Crippen MR) is 76.3 cm³/mol. The Kier molecular flexibility index (Phi) is 5.58. The van der Waals surface area contributed by atoms with Crippen molar-refractivity contribution in [3.63, 3.8) is 0 Å². The Labute approximate surface area is 113 Å². The molecule has 0 saturated carbocycles. The molecule has 1 aromatic heterocycles. The Morgan fingerprint density at radius 3 is 2.39 bits per heavy atom. The van der Waals surface area contributed by atoms with Crippen molar-refractivity contribution in [1.82, 2.24) is 9.21 Å². The summed E-state index contributed by atoms with van der Waals surface area (Å²) >= 11 is 1.18. The maximum Gasteiger partial charge on any atom is 0.252 e. The number of likely N-dealkylation sites (N-methyl/N-ethyl adjacent to an activating group) is 1. The molecule has 0 aromatic carbocycles. The SMILES string of the molecule is CCCN(CCN(C)C)S(=O)(=O)c1cc(N)cs1. The first-order valence-corrected chi connectivity index (χ1v) is 8.18. The molecule has 0 saturated heterocycles. The normalized spacial score (nSPS) is 12.5. The van der Waals surface area contributed by atoms with E-state index in [2.05, 4.69) is 0 Å². The van der Waals surface area contributed by atoms with Crippen molar-refractivity contribution in [2.75, 3.05) is 39.5 Å². The third kappa shape index (κ3) is 3.94. The molecule has 0 aliphatic carbocycles. The highest BCUT2D eigenvalue weighted by atomic mass is 32.2. The molecule has 0 spiro atoms. The minimum absolute atomic E-state index is 0.326. The summed E-state index contributed by atoms with van der Waals surface area (Å²) in [5.41, 5.74) is 6.09. The van der Waals surface area contributed by atoms with Crippen molar-refractivity contribution in [3.05, 3.63) is 11.4 Å². The molecule has 0 radical (unpaired) electrons. The third-order valence-electron chi connectivity index (χ3n) is 2.46. The van der Waals surface area contributed by atoms with Crippen LogP contribution in [-0.4, -0.2) is 51.4 Å². The van der Waals surface area contributed by atoms with Crippen molar-refractivity contribution in [1.29, 1.82) is 0 Å². The van der Waals surface area contributed by atoms with E-state index in [0.29, 0.717) is 29.5 Å². The van der Waals surface area contributed by atoms with Gasteiger partial charge in [-0.2, -0.15) is 4.31 Å². The highest BCUT2D eigenvalue weighted by molar-refractivity contribution is 7.91. The molecular weight excluding hydrogens is 270 g/mol. The Balaban J connectivity index is 2.89. The predicted octanol–water partition coefficient (Wildman–Crippen LogP) is 1.29. The second kappa shape index (κ2) is 6.51. The molecule has 1 rings (SSSR count). The van der Waals surface area contributed by atoms with Crippen molar-refractivity contribution < 1.29 is 8.42 Å². The lowest BCUT2D eigenvalue weighted by Gasteiger charge is -2.22. The largest absolute Gasteiger partial charge is 0.398 e. The summed E-state index contributed by atoms with van der Waals surface area (Å²) in [5, 5.41) is 1.66. The highest BCUT2D eigenvalue weighted by Crippen LogP contribution is 2.25. The van der Waals surface area contributed by atoms with E-state index in [1.807, 2.05) is 25.9 Å². The van der Waals surface area contributed by atoms with Crippen molar-refractivity contribution >= 4 is 27.0 Å². The lowest BCUT2D eigenvalue weighted by atomic mass is 10.4. The van der Waals surface area contributed by atoms with Crippen LogP contribution in [0.25, 0.3) is 0 Å². The van der Waals surface area contributed by atoms with Crippen LogP contribution in [0.5, 0.6) is 0 Å². The lowest BCUT2D eigenvalue weighted by molar-refractivity contribution is 0.333. The fourth-order valence-corrected chi connectivity index (χ4v) is 4.26. The van der Waals surface area contributed by atoms with Crippen molar-refractivity contribution in [2.24, 2.45) is 0 Å². The van der Waals surface area contributed by atoms with Crippen molar-refractivity contribution in [2.45, 2.75) is 17.6 Å². The minimum Gasteiger partial charge on any atom is -0.398 e. The summed E-state index contributed by atoms with van der Waals surface area (Å²) in [6, 6.07) is 1.53. The molecule has 2 N–H and O–H groups in total. The minimum atomic E-state index is -3.39. The molecule has 1 heterocycles. The van der Waals surface area contributed by atoms with Gasteiger partial charge in [-0.3, -0.25) is 0 Å². The molecule has 104 valence electrons. The number of nitrogen functional groups attached to an aromatic ring is 1. The maximum absolute atomic E-state index is 12.4. The van der Waals surface area contributed by atoms with Crippen LogP contribution in [0, 0.1) is 0 Å². The van der Waals surface area contributed by atoms with Gasteiger partial charge in [0.2, 0.25) is 0 Å². The van der Waals surface area contributed by atoms with Gasteiger partial charge in [0.25, 0.3) is 10.0 Å². The van der Waals surface area contributed by atoms with E-state index in [1.165, 1.54) is 21.7 Å². The molecular formula is C11H21N3O2S2. The van der Waals surface area contributed by atoms with E-state index in [1.54, 1.807) is 5.38 Å². The molecule has 0 atom stereocenters. The van der Waals surface area contributed by atoms with Gasteiger partial charge in [0.05, 0.1) is 0 Å². The summed E-state index contributed by atoms with van der Waals surface area (Å²) in [6.07, 6.45) is 0.799. The monoisotopic (exact) mass is 291 g/mol. The number of rotatable bonds is 7. The van der Waals surface area contributed by atoms with Crippen molar-refractivity contribution in [3.8, 4) is 0 Å².